The Hall–Kier alpha value is -2.37. The summed E-state index contributed by atoms with van der Waals surface area (Å²) in [5.74, 6) is 0.786. The van der Waals surface area contributed by atoms with Gasteiger partial charge in [-0.15, -0.1) is 0 Å². The molecule has 1 aliphatic rings. The van der Waals surface area contributed by atoms with Gasteiger partial charge in [0.2, 0.25) is 0 Å². The van der Waals surface area contributed by atoms with Crippen LogP contribution >= 0.6 is 0 Å². The van der Waals surface area contributed by atoms with Gasteiger partial charge in [0.1, 0.15) is 18.5 Å². The number of para-hydroxylation sites is 1. The number of carbonyl (C=O) groups excluding carboxylic acids is 1. The number of ether oxygens (including phenoxy) is 2. The fourth-order valence-corrected chi connectivity index (χ4v) is 2.47. The minimum Gasteiger partial charge on any atom is -0.489 e. The lowest BCUT2D eigenvalue weighted by atomic mass is 10.1. The van der Waals surface area contributed by atoms with Crippen molar-refractivity contribution in [3.05, 3.63) is 65.7 Å². The molecule has 5 nitrogen and oxygen atoms in total. The van der Waals surface area contributed by atoms with Crippen molar-refractivity contribution in [2.75, 3.05) is 19.7 Å². The Balaban J connectivity index is 1.45. The minimum absolute atomic E-state index is 0.0707. The second-order valence-electron chi connectivity index (χ2n) is 5.70. The summed E-state index contributed by atoms with van der Waals surface area (Å²) in [6.07, 6.45) is -0.391. The molecule has 3 rings (SSSR count). The lowest BCUT2D eigenvalue weighted by molar-refractivity contribution is -0.134. The van der Waals surface area contributed by atoms with E-state index in [0.29, 0.717) is 26.3 Å². The second kappa shape index (κ2) is 8.47. The van der Waals surface area contributed by atoms with Gasteiger partial charge in [-0.2, -0.15) is 0 Å². The first-order chi connectivity index (χ1) is 11.8. The monoisotopic (exact) mass is 326 g/mol. The molecule has 1 amide bonds. The Bertz CT molecular complexity index is 637. The van der Waals surface area contributed by atoms with E-state index in [1.807, 2.05) is 54.6 Å². The van der Waals surface area contributed by atoms with Crippen molar-refractivity contribution in [1.29, 1.82) is 0 Å². The molecular formula is C19H22N2O3. The van der Waals surface area contributed by atoms with E-state index in [1.54, 1.807) is 0 Å². The molecule has 0 aliphatic carbocycles. The van der Waals surface area contributed by atoms with E-state index >= 15 is 0 Å². The molecule has 0 saturated carbocycles. The van der Waals surface area contributed by atoms with Crippen LogP contribution in [0.15, 0.2) is 54.6 Å². The maximum Gasteiger partial charge on any atom is 0.250 e. The van der Waals surface area contributed by atoms with Crippen molar-refractivity contribution >= 4 is 5.91 Å². The largest absolute Gasteiger partial charge is 0.489 e. The number of hydrogen-bond donors (Lipinski definition) is 2. The maximum atomic E-state index is 12.0. The van der Waals surface area contributed by atoms with E-state index < -0.39 is 6.10 Å². The Morgan fingerprint density at radius 3 is 2.58 bits per heavy atom. The normalized spacial score (nSPS) is 17.2. The SMILES string of the molecule is O=C(NCc1ccc(COc2ccccc2)cc1)C1CNCCO1. The smallest absolute Gasteiger partial charge is 0.250 e. The Labute approximate surface area is 142 Å². The predicted octanol–water partition coefficient (Wildman–Crippen LogP) is 1.87. The number of amides is 1. The van der Waals surface area contributed by atoms with Crippen LogP contribution in [0.3, 0.4) is 0 Å². The zero-order chi connectivity index (χ0) is 16.6. The molecule has 1 saturated heterocycles. The average molecular weight is 326 g/mol. The molecular weight excluding hydrogens is 304 g/mol. The van der Waals surface area contributed by atoms with E-state index in [-0.39, 0.29) is 5.91 Å². The molecule has 2 aromatic carbocycles. The third-order valence-electron chi connectivity index (χ3n) is 3.86. The fourth-order valence-electron chi connectivity index (χ4n) is 2.47. The van der Waals surface area contributed by atoms with Crippen molar-refractivity contribution in [3.8, 4) is 5.75 Å². The number of carbonyl (C=O) groups is 1. The van der Waals surface area contributed by atoms with Gasteiger partial charge in [0.05, 0.1) is 6.61 Å². The van der Waals surface area contributed by atoms with Crippen LogP contribution in [0, 0.1) is 0 Å². The van der Waals surface area contributed by atoms with Gasteiger partial charge in [0, 0.05) is 19.6 Å². The van der Waals surface area contributed by atoms with Crippen molar-refractivity contribution in [1.82, 2.24) is 10.6 Å². The zero-order valence-electron chi connectivity index (χ0n) is 13.5. The third-order valence-corrected chi connectivity index (χ3v) is 3.86. The summed E-state index contributed by atoms with van der Waals surface area (Å²) in [6, 6.07) is 17.8. The first kappa shape index (κ1) is 16.5. The van der Waals surface area contributed by atoms with Gasteiger partial charge in [-0.05, 0) is 23.3 Å². The topological polar surface area (TPSA) is 59.6 Å². The molecule has 0 bridgehead atoms. The van der Waals surface area contributed by atoms with Gasteiger partial charge in [-0.1, -0.05) is 42.5 Å². The van der Waals surface area contributed by atoms with E-state index in [0.717, 1.165) is 23.4 Å². The summed E-state index contributed by atoms with van der Waals surface area (Å²) in [4.78, 5) is 12.0. The number of hydrogen-bond acceptors (Lipinski definition) is 4. The first-order valence-electron chi connectivity index (χ1n) is 8.17. The number of nitrogens with one attached hydrogen (secondary N) is 2. The van der Waals surface area contributed by atoms with Gasteiger partial charge in [-0.3, -0.25) is 4.79 Å². The summed E-state index contributed by atoms with van der Waals surface area (Å²) >= 11 is 0. The molecule has 24 heavy (non-hydrogen) atoms. The molecule has 0 spiro atoms. The first-order valence-corrected chi connectivity index (χ1v) is 8.17. The van der Waals surface area contributed by atoms with E-state index in [9.17, 15) is 4.79 Å². The number of benzene rings is 2. The summed E-state index contributed by atoms with van der Waals surface area (Å²) in [5.41, 5.74) is 2.14. The highest BCUT2D eigenvalue weighted by Gasteiger charge is 2.21. The van der Waals surface area contributed by atoms with Gasteiger partial charge in [0.15, 0.2) is 0 Å². The van der Waals surface area contributed by atoms with E-state index in [1.165, 1.54) is 0 Å². The summed E-state index contributed by atoms with van der Waals surface area (Å²) in [6.45, 7) is 2.98. The van der Waals surface area contributed by atoms with Crippen LogP contribution in [0.4, 0.5) is 0 Å². The predicted molar refractivity (Wildman–Crippen MR) is 91.7 cm³/mol. The van der Waals surface area contributed by atoms with Gasteiger partial charge in [-0.25, -0.2) is 0 Å². The third kappa shape index (κ3) is 4.81. The van der Waals surface area contributed by atoms with Gasteiger partial charge >= 0.3 is 0 Å². The minimum atomic E-state index is -0.391. The second-order valence-corrected chi connectivity index (χ2v) is 5.70. The van der Waals surface area contributed by atoms with Crippen molar-refractivity contribution in [2.24, 2.45) is 0 Å². The Morgan fingerprint density at radius 2 is 1.88 bits per heavy atom. The molecule has 1 atom stereocenters. The highest BCUT2D eigenvalue weighted by molar-refractivity contribution is 5.81. The number of rotatable bonds is 6. The zero-order valence-corrected chi connectivity index (χ0v) is 13.5. The van der Waals surface area contributed by atoms with E-state index in [4.69, 9.17) is 9.47 Å². The van der Waals surface area contributed by atoms with Crippen molar-refractivity contribution < 1.29 is 14.3 Å². The highest BCUT2D eigenvalue weighted by atomic mass is 16.5. The lowest BCUT2D eigenvalue weighted by Crippen LogP contribution is -2.47. The van der Waals surface area contributed by atoms with E-state index in [2.05, 4.69) is 10.6 Å². The molecule has 1 fully saturated rings. The van der Waals surface area contributed by atoms with Crippen LogP contribution in [0.5, 0.6) is 5.75 Å². The van der Waals surface area contributed by atoms with Crippen LogP contribution in [-0.4, -0.2) is 31.7 Å². The molecule has 2 aromatic rings. The molecule has 1 unspecified atom stereocenters. The van der Waals surface area contributed by atoms with Crippen LogP contribution in [0.1, 0.15) is 11.1 Å². The average Bonchev–Trinajstić information content (AvgIpc) is 2.67. The Kier molecular flexibility index (Phi) is 5.82. The fraction of sp³-hybridized carbons (Fsp3) is 0.316. The standard InChI is InChI=1S/C19H22N2O3/c22-19(18-13-20-10-11-23-18)21-12-15-6-8-16(9-7-15)14-24-17-4-2-1-3-5-17/h1-9,18,20H,10-14H2,(H,21,22). The highest BCUT2D eigenvalue weighted by Crippen LogP contribution is 2.12. The van der Waals surface area contributed by atoms with Crippen LogP contribution in [0.2, 0.25) is 0 Å². The molecule has 1 aliphatic heterocycles. The molecule has 1 heterocycles. The molecule has 0 radical (unpaired) electrons. The van der Waals surface area contributed by atoms with Gasteiger partial charge < -0.3 is 20.1 Å². The summed E-state index contributed by atoms with van der Waals surface area (Å²) in [7, 11) is 0. The van der Waals surface area contributed by atoms with Crippen molar-refractivity contribution in [2.45, 2.75) is 19.3 Å². The van der Waals surface area contributed by atoms with Crippen LogP contribution in [0.25, 0.3) is 0 Å². The molecule has 0 aromatic heterocycles. The Morgan fingerprint density at radius 1 is 1.12 bits per heavy atom. The van der Waals surface area contributed by atoms with Crippen LogP contribution < -0.4 is 15.4 Å². The molecule has 5 heteroatoms. The molecule has 126 valence electrons. The molecule has 2 N–H and O–H groups in total. The summed E-state index contributed by atoms with van der Waals surface area (Å²) < 4.78 is 11.1. The number of morpholine rings is 1. The lowest BCUT2D eigenvalue weighted by Gasteiger charge is -2.22. The van der Waals surface area contributed by atoms with Gasteiger partial charge in [0.25, 0.3) is 5.91 Å². The van der Waals surface area contributed by atoms with Crippen molar-refractivity contribution in [3.63, 3.8) is 0 Å². The van der Waals surface area contributed by atoms with Crippen LogP contribution in [-0.2, 0) is 22.7 Å². The summed E-state index contributed by atoms with van der Waals surface area (Å²) in [5, 5.41) is 6.06. The quantitative estimate of drug-likeness (QED) is 0.851. The maximum absolute atomic E-state index is 12.0.